The minimum atomic E-state index is -1.01. The van der Waals surface area contributed by atoms with Crippen LogP contribution in [-0.2, 0) is 14.3 Å². The zero-order valence-electron chi connectivity index (χ0n) is 20.8. The number of carbonyl (C=O) groups excluding carboxylic acids is 3. The summed E-state index contributed by atoms with van der Waals surface area (Å²) in [7, 11) is 0. The normalized spacial score (nSPS) is 13.6. The molecule has 1 aromatic rings. The summed E-state index contributed by atoms with van der Waals surface area (Å²) >= 11 is 4.27. The van der Waals surface area contributed by atoms with Crippen LogP contribution in [0.25, 0.3) is 0 Å². The fourth-order valence-corrected chi connectivity index (χ4v) is 3.46. The van der Waals surface area contributed by atoms with Crippen LogP contribution in [0.15, 0.2) is 24.3 Å². The number of unbranched alkanes of at least 4 members (excludes halogenated alkanes) is 1. The van der Waals surface area contributed by atoms with Crippen molar-refractivity contribution in [3.8, 4) is 5.75 Å². The Kier molecular flexibility index (Phi) is 10.5. The molecule has 0 heterocycles. The van der Waals surface area contributed by atoms with Gasteiger partial charge in [0, 0.05) is 17.8 Å². The van der Waals surface area contributed by atoms with Crippen LogP contribution in [-0.4, -0.2) is 57.4 Å². The summed E-state index contributed by atoms with van der Waals surface area (Å²) in [4.78, 5) is 40.8. The van der Waals surface area contributed by atoms with Crippen molar-refractivity contribution in [2.24, 2.45) is 0 Å². The van der Waals surface area contributed by atoms with Gasteiger partial charge in [-0.1, -0.05) is 25.5 Å². The van der Waals surface area contributed by atoms with Crippen LogP contribution in [0.2, 0.25) is 0 Å². The van der Waals surface area contributed by atoms with Crippen LogP contribution < -0.4 is 10.6 Å². The third-order valence-corrected chi connectivity index (χ3v) is 5.04. The van der Waals surface area contributed by atoms with E-state index < -0.39 is 35.2 Å². The molecule has 0 radical (unpaired) electrons. The van der Waals surface area contributed by atoms with Gasteiger partial charge in [0.15, 0.2) is 0 Å². The number of phenolic OH excluding ortho intramolecular Hbond substituents is 1. The molecule has 0 aliphatic carbocycles. The molecule has 1 aromatic carbocycles. The molecule has 0 saturated heterocycles. The number of benzene rings is 1. The minimum absolute atomic E-state index is 0.0183. The van der Waals surface area contributed by atoms with Gasteiger partial charge in [0.2, 0.25) is 11.8 Å². The molecule has 0 spiro atoms. The van der Waals surface area contributed by atoms with Crippen molar-refractivity contribution >= 4 is 30.5 Å². The Balaban J connectivity index is 3.38. The van der Waals surface area contributed by atoms with Gasteiger partial charge in [0.1, 0.15) is 23.4 Å². The predicted molar refractivity (Wildman–Crippen MR) is 132 cm³/mol. The molecule has 8 nitrogen and oxygen atoms in total. The number of aromatic hydroxyl groups is 1. The summed E-state index contributed by atoms with van der Waals surface area (Å²) < 4.78 is 5.29. The van der Waals surface area contributed by atoms with Gasteiger partial charge < -0.3 is 25.4 Å². The summed E-state index contributed by atoms with van der Waals surface area (Å²) in [6.07, 6.45) is 0.974. The van der Waals surface area contributed by atoms with Crippen molar-refractivity contribution in [1.29, 1.82) is 0 Å². The average molecular weight is 482 g/mol. The highest BCUT2D eigenvalue weighted by atomic mass is 32.1. The molecule has 0 aliphatic heterocycles. The number of hydrogen-bond acceptors (Lipinski definition) is 6. The molecule has 3 amide bonds. The Morgan fingerprint density at radius 3 is 2.12 bits per heavy atom. The first kappa shape index (κ1) is 28.6. The topological polar surface area (TPSA) is 108 Å². The van der Waals surface area contributed by atoms with E-state index in [1.54, 1.807) is 32.9 Å². The molecular weight excluding hydrogens is 442 g/mol. The van der Waals surface area contributed by atoms with Gasteiger partial charge in [0.25, 0.3) is 0 Å². The summed E-state index contributed by atoms with van der Waals surface area (Å²) in [5.41, 5.74) is -0.968. The zero-order valence-corrected chi connectivity index (χ0v) is 21.7. The molecule has 186 valence electrons. The van der Waals surface area contributed by atoms with Gasteiger partial charge >= 0.3 is 6.09 Å². The highest BCUT2D eigenvalue weighted by Gasteiger charge is 2.41. The van der Waals surface area contributed by atoms with Crippen LogP contribution in [0.5, 0.6) is 5.75 Å². The number of nitrogens with zero attached hydrogens (tertiary/aromatic N) is 1. The Hall–Kier alpha value is -2.42. The van der Waals surface area contributed by atoms with Gasteiger partial charge in [-0.15, -0.1) is 0 Å². The lowest BCUT2D eigenvalue weighted by Gasteiger charge is -2.43. The molecule has 0 bridgehead atoms. The van der Waals surface area contributed by atoms with Crippen LogP contribution in [0.4, 0.5) is 4.79 Å². The molecule has 2 unspecified atom stereocenters. The summed E-state index contributed by atoms with van der Waals surface area (Å²) in [6.45, 7) is 13.1. The Bertz CT molecular complexity index is 800. The second-order valence-electron chi connectivity index (χ2n) is 9.90. The molecule has 1 rings (SSSR count). The molecule has 0 aliphatic rings. The van der Waals surface area contributed by atoms with Crippen molar-refractivity contribution in [2.75, 3.05) is 12.3 Å². The number of ether oxygens (including phenoxy) is 1. The highest BCUT2D eigenvalue weighted by Crippen LogP contribution is 2.31. The lowest BCUT2D eigenvalue weighted by molar-refractivity contribution is -0.148. The maximum Gasteiger partial charge on any atom is 0.408 e. The number of hydrogen-bond donors (Lipinski definition) is 4. The fourth-order valence-electron chi connectivity index (χ4n) is 3.21. The first-order valence-corrected chi connectivity index (χ1v) is 11.8. The first-order valence-electron chi connectivity index (χ1n) is 11.2. The van der Waals surface area contributed by atoms with E-state index in [0.717, 1.165) is 12.8 Å². The molecule has 0 aromatic heterocycles. The van der Waals surface area contributed by atoms with E-state index in [4.69, 9.17) is 4.74 Å². The first-order chi connectivity index (χ1) is 15.2. The second kappa shape index (κ2) is 12.2. The number of phenols is 1. The number of rotatable bonds is 9. The lowest BCUT2D eigenvalue weighted by Crippen LogP contribution is -2.59. The van der Waals surface area contributed by atoms with Crippen molar-refractivity contribution in [1.82, 2.24) is 15.5 Å². The largest absolute Gasteiger partial charge is 0.508 e. The van der Waals surface area contributed by atoms with E-state index in [0.29, 0.717) is 12.1 Å². The quantitative estimate of drug-likeness (QED) is 0.317. The summed E-state index contributed by atoms with van der Waals surface area (Å²) in [5.74, 6) is -0.734. The SMILES string of the molecule is CCCCNC(=O)C(c1ccc(O)cc1)N(C(=O)C(CS)NC(=O)OC(C)(C)C)C(C)(C)C. The maximum absolute atomic E-state index is 13.7. The van der Waals surface area contributed by atoms with E-state index in [9.17, 15) is 19.5 Å². The van der Waals surface area contributed by atoms with Gasteiger partial charge in [-0.05, 0) is 65.7 Å². The number of alkyl carbamates (subject to hydrolysis) is 1. The number of carbonyl (C=O) groups is 3. The van der Waals surface area contributed by atoms with E-state index in [2.05, 4.69) is 23.3 Å². The van der Waals surface area contributed by atoms with Gasteiger partial charge in [-0.3, -0.25) is 9.59 Å². The van der Waals surface area contributed by atoms with Gasteiger partial charge in [-0.2, -0.15) is 12.6 Å². The molecule has 0 fully saturated rings. The van der Waals surface area contributed by atoms with Crippen molar-refractivity contribution < 1.29 is 24.2 Å². The maximum atomic E-state index is 13.7. The monoisotopic (exact) mass is 481 g/mol. The van der Waals surface area contributed by atoms with Crippen LogP contribution >= 0.6 is 12.6 Å². The molecule has 0 saturated carbocycles. The average Bonchev–Trinajstić information content (AvgIpc) is 2.68. The van der Waals surface area contributed by atoms with Crippen LogP contribution in [0, 0.1) is 0 Å². The third kappa shape index (κ3) is 9.15. The van der Waals surface area contributed by atoms with Crippen LogP contribution in [0.3, 0.4) is 0 Å². The minimum Gasteiger partial charge on any atom is -0.508 e. The fraction of sp³-hybridized carbons (Fsp3) is 0.625. The molecule has 2 atom stereocenters. The molecular formula is C24H39N3O5S. The highest BCUT2D eigenvalue weighted by molar-refractivity contribution is 7.80. The number of amides is 3. The van der Waals surface area contributed by atoms with Crippen molar-refractivity contribution in [2.45, 2.75) is 84.5 Å². The third-order valence-electron chi connectivity index (χ3n) is 4.68. The van der Waals surface area contributed by atoms with E-state index in [1.165, 1.54) is 17.0 Å². The Labute approximate surface area is 202 Å². The second-order valence-corrected chi connectivity index (χ2v) is 10.3. The van der Waals surface area contributed by atoms with E-state index in [-0.39, 0.29) is 17.4 Å². The predicted octanol–water partition coefficient (Wildman–Crippen LogP) is 3.80. The standard InChI is InChI=1S/C24H39N3O5S/c1-8-9-14-25-20(29)19(16-10-12-17(28)13-11-16)27(23(2,3)4)21(30)18(15-33)26-22(31)32-24(5,6)7/h10-13,18-19,28,33H,8-9,14-15H2,1-7H3,(H,25,29)(H,26,31). The van der Waals surface area contributed by atoms with Crippen molar-refractivity contribution in [3.05, 3.63) is 29.8 Å². The lowest BCUT2D eigenvalue weighted by atomic mass is 9.95. The Morgan fingerprint density at radius 2 is 1.67 bits per heavy atom. The van der Waals surface area contributed by atoms with Crippen molar-refractivity contribution in [3.63, 3.8) is 0 Å². The molecule has 9 heteroatoms. The number of nitrogens with one attached hydrogen (secondary N) is 2. The van der Waals surface area contributed by atoms with Gasteiger partial charge in [-0.25, -0.2) is 4.79 Å². The van der Waals surface area contributed by atoms with Gasteiger partial charge in [0.05, 0.1) is 0 Å². The molecule has 3 N–H and O–H groups in total. The zero-order chi connectivity index (χ0) is 25.4. The van der Waals surface area contributed by atoms with Crippen LogP contribution in [0.1, 0.15) is 72.9 Å². The Morgan fingerprint density at radius 1 is 1.09 bits per heavy atom. The van der Waals surface area contributed by atoms with E-state index in [1.807, 2.05) is 27.7 Å². The molecule has 33 heavy (non-hydrogen) atoms. The van der Waals surface area contributed by atoms with E-state index >= 15 is 0 Å². The summed E-state index contributed by atoms with van der Waals surface area (Å²) in [5, 5.41) is 15.2. The smallest absolute Gasteiger partial charge is 0.408 e. The summed E-state index contributed by atoms with van der Waals surface area (Å²) in [6, 6.07) is 4.19. The number of thiol groups is 1.